The van der Waals surface area contributed by atoms with Crippen molar-refractivity contribution in [2.75, 3.05) is 20.5 Å². The summed E-state index contributed by atoms with van der Waals surface area (Å²) in [6.45, 7) is 1.25. The third-order valence-corrected chi connectivity index (χ3v) is 1.11. The summed E-state index contributed by atoms with van der Waals surface area (Å²) in [5, 5.41) is 0. The summed E-state index contributed by atoms with van der Waals surface area (Å²) in [6, 6.07) is 0. The van der Waals surface area contributed by atoms with Crippen molar-refractivity contribution in [2.24, 2.45) is 0 Å². The maximum atomic E-state index is 5.05. The van der Waals surface area contributed by atoms with Crippen molar-refractivity contribution in [3.05, 3.63) is 5.92 Å². The van der Waals surface area contributed by atoms with Gasteiger partial charge in [0.15, 0.2) is 0 Å². The molecule has 0 bridgehead atoms. The zero-order valence-corrected chi connectivity index (χ0v) is 5.14. The Bertz CT molecular complexity index is 59.5. The fourth-order valence-corrected chi connectivity index (χ4v) is 0.502. The SMILES string of the molecule is COCOC[C]1CC1. The predicted octanol–water partition coefficient (Wildman–Crippen LogP) is 0.975. The van der Waals surface area contributed by atoms with Gasteiger partial charge in [-0.25, -0.2) is 0 Å². The molecule has 2 heteroatoms. The van der Waals surface area contributed by atoms with Gasteiger partial charge < -0.3 is 9.47 Å². The second kappa shape index (κ2) is 3.05. The van der Waals surface area contributed by atoms with Gasteiger partial charge in [0.05, 0.1) is 6.61 Å². The van der Waals surface area contributed by atoms with Crippen LogP contribution in [0.4, 0.5) is 0 Å². The van der Waals surface area contributed by atoms with Gasteiger partial charge in [-0.3, -0.25) is 0 Å². The van der Waals surface area contributed by atoms with Gasteiger partial charge in [0, 0.05) is 13.0 Å². The van der Waals surface area contributed by atoms with Crippen LogP contribution in [0.3, 0.4) is 0 Å². The first-order chi connectivity index (χ1) is 3.93. The van der Waals surface area contributed by atoms with Gasteiger partial charge in [0.25, 0.3) is 0 Å². The first kappa shape index (κ1) is 6.05. The van der Waals surface area contributed by atoms with E-state index in [0.717, 1.165) is 6.61 Å². The Hall–Kier alpha value is -0.0800. The molecule has 0 spiro atoms. The smallest absolute Gasteiger partial charge is 0.146 e. The Labute approximate surface area is 49.8 Å². The molecule has 0 unspecified atom stereocenters. The highest BCUT2D eigenvalue weighted by molar-refractivity contribution is 5.04. The number of hydrogen-bond acceptors (Lipinski definition) is 2. The second-order valence-electron chi connectivity index (χ2n) is 2.00. The summed E-state index contributed by atoms with van der Waals surface area (Å²) in [6.07, 6.45) is 2.54. The molecule has 0 aromatic heterocycles. The van der Waals surface area contributed by atoms with E-state index in [-0.39, 0.29) is 0 Å². The van der Waals surface area contributed by atoms with E-state index in [9.17, 15) is 0 Å². The minimum absolute atomic E-state index is 0.434. The Morgan fingerprint density at radius 1 is 1.50 bits per heavy atom. The summed E-state index contributed by atoms with van der Waals surface area (Å²) in [5.74, 6) is 1.52. The Morgan fingerprint density at radius 3 is 2.75 bits per heavy atom. The van der Waals surface area contributed by atoms with Gasteiger partial charge in [0.2, 0.25) is 0 Å². The van der Waals surface area contributed by atoms with Gasteiger partial charge in [-0.05, 0) is 12.8 Å². The van der Waals surface area contributed by atoms with Crippen molar-refractivity contribution in [1.29, 1.82) is 0 Å². The molecule has 0 aromatic rings. The lowest BCUT2D eigenvalue weighted by atomic mass is 10.5. The fraction of sp³-hybridized carbons (Fsp3) is 0.833. The topological polar surface area (TPSA) is 18.5 Å². The maximum absolute atomic E-state index is 5.05. The molecule has 2 nitrogen and oxygen atoms in total. The van der Waals surface area contributed by atoms with Crippen LogP contribution in [0.2, 0.25) is 0 Å². The predicted molar refractivity (Wildman–Crippen MR) is 30.3 cm³/mol. The summed E-state index contributed by atoms with van der Waals surface area (Å²) in [7, 11) is 1.64. The van der Waals surface area contributed by atoms with Crippen LogP contribution in [0.5, 0.6) is 0 Å². The highest BCUT2D eigenvalue weighted by Crippen LogP contribution is 2.31. The second-order valence-corrected chi connectivity index (χ2v) is 2.00. The van der Waals surface area contributed by atoms with Gasteiger partial charge in [0.1, 0.15) is 6.79 Å². The molecule has 1 radical (unpaired) electrons. The first-order valence-electron chi connectivity index (χ1n) is 2.83. The Balaban J connectivity index is 1.74. The average Bonchev–Trinajstić information content (AvgIpc) is 2.51. The van der Waals surface area contributed by atoms with Crippen molar-refractivity contribution in [3.8, 4) is 0 Å². The summed E-state index contributed by atoms with van der Waals surface area (Å²) in [5.41, 5.74) is 0. The lowest BCUT2D eigenvalue weighted by molar-refractivity contribution is -0.0233. The quantitative estimate of drug-likeness (QED) is 0.401. The standard InChI is InChI=1S/C6H11O2/c1-7-5-8-4-6-2-3-6/h2-5H2,1H3. The molecule has 0 aromatic carbocycles. The fourth-order valence-electron chi connectivity index (χ4n) is 0.502. The monoisotopic (exact) mass is 115 g/mol. The minimum atomic E-state index is 0.434. The summed E-state index contributed by atoms with van der Waals surface area (Å²) >= 11 is 0. The van der Waals surface area contributed by atoms with E-state index in [0.29, 0.717) is 6.79 Å². The molecule has 1 rings (SSSR count). The van der Waals surface area contributed by atoms with E-state index >= 15 is 0 Å². The van der Waals surface area contributed by atoms with Gasteiger partial charge in [-0.15, -0.1) is 0 Å². The molecule has 0 saturated heterocycles. The molecule has 0 N–H and O–H groups in total. The summed E-state index contributed by atoms with van der Waals surface area (Å²) in [4.78, 5) is 0. The molecule has 0 aliphatic heterocycles. The molecule has 0 heterocycles. The van der Waals surface area contributed by atoms with Crippen molar-refractivity contribution in [1.82, 2.24) is 0 Å². The minimum Gasteiger partial charge on any atom is -0.359 e. The average molecular weight is 115 g/mol. The zero-order chi connectivity index (χ0) is 5.82. The molecule has 1 aliphatic rings. The van der Waals surface area contributed by atoms with Gasteiger partial charge in [-0.2, -0.15) is 0 Å². The Morgan fingerprint density at radius 2 is 2.25 bits per heavy atom. The Kier molecular flexibility index (Phi) is 2.30. The molecule has 47 valence electrons. The van der Waals surface area contributed by atoms with Crippen LogP contribution in [-0.4, -0.2) is 20.5 Å². The highest BCUT2D eigenvalue weighted by Gasteiger charge is 2.21. The lowest BCUT2D eigenvalue weighted by Gasteiger charge is -1.97. The van der Waals surface area contributed by atoms with Crippen LogP contribution in [0.25, 0.3) is 0 Å². The van der Waals surface area contributed by atoms with Crippen LogP contribution < -0.4 is 0 Å². The van der Waals surface area contributed by atoms with E-state index in [1.54, 1.807) is 7.11 Å². The molecule has 0 atom stereocenters. The van der Waals surface area contributed by atoms with E-state index in [2.05, 4.69) is 4.74 Å². The van der Waals surface area contributed by atoms with E-state index < -0.39 is 0 Å². The van der Waals surface area contributed by atoms with Crippen LogP contribution in [0, 0.1) is 5.92 Å². The van der Waals surface area contributed by atoms with Crippen molar-refractivity contribution >= 4 is 0 Å². The van der Waals surface area contributed by atoms with Crippen LogP contribution in [0.15, 0.2) is 0 Å². The van der Waals surface area contributed by atoms with Gasteiger partial charge >= 0.3 is 0 Å². The highest BCUT2D eigenvalue weighted by atomic mass is 16.7. The van der Waals surface area contributed by atoms with E-state index in [4.69, 9.17) is 4.74 Å². The molecule has 1 saturated carbocycles. The van der Waals surface area contributed by atoms with E-state index in [1.165, 1.54) is 18.8 Å². The third kappa shape index (κ3) is 2.28. The molecular formula is C6H11O2. The molecule has 0 amide bonds. The number of methoxy groups -OCH3 is 1. The molecular weight excluding hydrogens is 104 g/mol. The first-order valence-corrected chi connectivity index (χ1v) is 2.83. The van der Waals surface area contributed by atoms with Crippen molar-refractivity contribution in [2.45, 2.75) is 12.8 Å². The molecule has 1 aliphatic carbocycles. The van der Waals surface area contributed by atoms with Crippen molar-refractivity contribution < 1.29 is 9.47 Å². The van der Waals surface area contributed by atoms with Crippen LogP contribution >= 0.6 is 0 Å². The largest absolute Gasteiger partial charge is 0.359 e. The van der Waals surface area contributed by atoms with Crippen molar-refractivity contribution in [3.63, 3.8) is 0 Å². The normalized spacial score (nSPS) is 19.1. The number of rotatable bonds is 4. The molecule has 8 heavy (non-hydrogen) atoms. The third-order valence-electron chi connectivity index (χ3n) is 1.11. The number of ether oxygens (including phenoxy) is 2. The van der Waals surface area contributed by atoms with Crippen LogP contribution in [0.1, 0.15) is 12.8 Å². The maximum Gasteiger partial charge on any atom is 0.146 e. The number of hydrogen-bond donors (Lipinski definition) is 0. The van der Waals surface area contributed by atoms with E-state index in [1.807, 2.05) is 0 Å². The van der Waals surface area contributed by atoms with Gasteiger partial charge in [-0.1, -0.05) is 0 Å². The zero-order valence-electron chi connectivity index (χ0n) is 5.14. The van der Waals surface area contributed by atoms with Crippen LogP contribution in [-0.2, 0) is 9.47 Å². The lowest BCUT2D eigenvalue weighted by Crippen LogP contribution is -1.98. The summed E-state index contributed by atoms with van der Waals surface area (Å²) < 4.78 is 9.73. The molecule has 1 fully saturated rings.